The lowest BCUT2D eigenvalue weighted by atomic mass is 10.1. The smallest absolute Gasteiger partial charge is 0.277 e. The van der Waals surface area contributed by atoms with E-state index < -0.39 is 0 Å². The Morgan fingerprint density at radius 1 is 1.46 bits per heavy atom. The zero-order valence-electron chi connectivity index (χ0n) is 13.4. The average Bonchev–Trinajstić information content (AvgIpc) is 3.11. The molecule has 0 bridgehead atoms. The molecule has 0 spiro atoms. The minimum Gasteiger partial charge on any atom is -0.489 e. The van der Waals surface area contributed by atoms with E-state index in [1.54, 1.807) is 29.1 Å². The normalized spacial score (nSPS) is 15.0. The molecule has 1 saturated heterocycles. The maximum atomic E-state index is 12.3. The molecular weight excluding hydrogens is 306 g/mol. The third kappa shape index (κ3) is 3.99. The number of aromatic nitrogens is 3. The lowest BCUT2D eigenvalue weighted by Crippen LogP contribution is -2.29. The van der Waals surface area contributed by atoms with E-state index in [0.29, 0.717) is 29.8 Å². The molecule has 2 aromatic rings. The summed E-state index contributed by atoms with van der Waals surface area (Å²) in [7, 11) is 0. The molecule has 1 aromatic carbocycles. The van der Waals surface area contributed by atoms with Gasteiger partial charge in [0.05, 0.1) is 12.2 Å². The summed E-state index contributed by atoms with van der Waals surface area (Å²) in [5.41, 5.74) is 0.962. The first-order valence-electron chi connectivity index (χ1n) is 8.04. The number of hydrogen-bond acceptors (Lipinski definition) is 5. The quantitative estimate of drug-likeness (QED) is 0.793. The van der Waals surface area contributed by atoms with Crippen molar-refractivity contribution >= 4 is 11.6 Å². The number of hydrogen-bond donors (Lipinski definition) is 2. The molecule has 2 N–H and O–H groups in total. The second kappa shape index (κ2) is 7.74. The molecule has 126 valence electrons. The molecule has 0 aliphatic carbocycles. The summed E-state index contributed by atoms with van der Waals surface area (Å²) in [6, 6.07) is 7.51. The summed E-state index contributed by atoms with van der Waals surface area (Å²) in [5, 5.41) is 14.2. The lowest BCUT2D eigenvalue weighted by Gasteiger charge is -2.22. The third-order valence-corrected chi connectivity index (χ3v) is 3.89. The van der Waals surface area contributed by atoms with Crippen molar-refractivity contribution in [2.24, 2.45) is 0 Å². The van der Waals surface area contributed by atoms with Gasteiger partial charge in [0.1, 0.15) is 12.4 Å². The minimum absolute atomic E-state index is 0.281. The molecule has 7 heteroatoms. The molecule has 1 fully saturated rings. The van der Waals surface area contributed by atoms with Crippen molar-refractivity contribution in [2.75, 3.05) is 25.0 Å². The van der Waals surface area contributed by atoms with Crippen molar-refractivity contribution in [2.45, 2.75) is 18.9 Å². The van der Waals surface area contributed by atoms with Crippen molar-refractivity contribution in [3.05, 3.63) is 48.8 Å². The number of benzene rings is 1. The van der Waals surface area contributed by atoms with Crippen LogP contribution < -0.4 is 15.4 Å². The van der Waals surface area contributed by atoms with Crippen LogP contribution in [0.5, 0.6) is 5.75 Å². The van der Waals surface area contributed by atoms with Gasteiger partial charge in [0.15, 0.2) is 5.69 Å². The minimum atomic E-state index is -0.281. The second-order valence-electron chi connectivity index (χ2n) is 5.65. The molecule has 1 aliphatic rings. The van der Waals surface area contributed by atoms with Crippen LogP contribution in [-0.4, -0.2) is 40.6 Å². The summed E-state index contributed by atoms with van der Waals surface area (Å²) < 4.78 is 7.25. The summed E-state index contributed by atoms with van der Waals surface area (Å²) in [6.07, 6.45) is 5.37. The van der Waals surface area contributed by atoms with E-state index in [9.17, 15) is 4.79 Å². The molecule has 1 amide bonds. The Morgan fingerprint density at radius 2 is 2.29 bits per heavy atom. The van der Waals surface area contributed by atoms with Gasteiger partial charge in [-0.3, -0.25) is 4.79 Å². The summed E-state index contributed by atoms with van der Waals surface area (Å²) in [6.45, 7) is 5.95. The highest BCUT2D eigenvalue weighted by molar-refractivity contribution is 6.02. The van der Waals surface area contributed by atoms with Gasteiger partial charge in [-0.25, -0.2) is 4.68 Å². The number of rotatable bonds is 6. The van der Waals surface area contributed by atoms with Gasteiger partial charge in [-0.1, -0.05) is 23.9 Å². The monoisotopic (exact) mass is 327 g/mol. The molecule has 0 unspecified atom stereocenters. The van der Waals surface area contributed by atoms with Crippen molar-refractivity contribution in [1.29, 1.82) is 0 Å². The standard InChI is InChI=1S/C17H21N5O2/c1-2-10-24-15-5-3-4-13(11-15)19-17(23)16-12-22(21-20-16)14-6-8-18-9-7-14/h2-5,11-12,14,18H,1,6-10H2,(H,19,23). The predicted octanol–water partition coefficient (Wildman–Crippen LogP) is 2.02. The van der Waals surface area contributed by atoms with Crippen molar-refractivity contribution in [3.63, 3.8) is 0 Å². The molecule has 0 radical (unpaired) electrons. The van der Waals surface area contributed by atoms with Gasteiger partial charge in [0.2, 0.25) is 0 Å². The van der Waals surface area contributed by atoms with E-state index in [1.807, 2.05) is 12.1 Å². The number of ether oxygens (including phenoxy) is 1. The van der Waals surface area contributed by atoms with E-state index in [2.05, 4.69) is 27.5 Å². The Morgan fingerprint density at radius 3 is 3.08 bits per heavy atom. The average molecular weight is 327 g/mol. The highest BCUT2D eigenvalue weighted by Gasteiger charge is 2.18. The molecule has 7 nitrogen and oxygen atoms in total. The van der Waals surface area contributed by atoms with Crippen LogP contribution in [0.4, 0.5) is 5.69 Å². The summed E-state index contributed by atoms with van der Waals surface area (Å²) in [5.74, 6) is 0.391. The zero-order chi connectivity index (χ0) is 16.8. The number of nitrogens with zero attached hydrogens (tertiary/aromatic N) is 3. The fourth-order valence-electron chi connectivity index (χ4n) is 2.64. The molecule has 0 saturated carbocycles. The highest BCUT2D eigenvalue weighted by atomic mass is 16.5. The second-order valence-corrected chi connectivity index (χ2v) is 5.65. The molecule has 0 atom stereocenters. The molecule has 1 aliphatic heterocycles. The first kappa shape index (κ1) is 16.2. The van der Waals surface area contributed by atoms with Crippen molar-refractivity contribution < 1.29 is 9.53 Å². The Bertz CT molecular complexity index is 707. The van der Waals surface area contributed by atoms with Gasteiger partial charge in [0.25, 0.3) is 5.91 Å². The summed E-state index contributed by atoms with van der Waals surface area (Å²) in [4.78, 5) is 12.3. The predicted molar refractivity (Wildman–Crippen MR) is 91.2 cm³/mol. The zero-order valence-corrected chi connectivity index (χ0v) is 13.4. The van der Waals surface area contributed by atoms with Gasteiger partial charge < -0.3 is 15.4 Å². The number of nitrogens with one attached hydrogen (secondary N) is 2. The van der Waals surface area contributed by atoms with E-state index >= 15 is 0 Å². The van der Waals surface area contributed by atoms with Crippen molar-refractivity contribution in [1.82, 2.24) is 20.3 Å². The van der Waals surface area contributed by atoms with Crippen LogP contribution in [0.25, 0.3) is 0 Å². The Balaban J connectivity index is 1.64. The van der Waals surface area contributed by atoms with Crippen LogP contribution in [0.3, 0.4) is 0 Å². The van der Waals surface area contributed by atoms with Gasteiger partial charge in [-0.15, -0.1) is 5.10 Å². The third-order valence-electron chi connectivity index (χ3n) is 3.89. The van der Waals surface area contributed by atoms with E-state index in [1.165, 1.54) is 0 Å². The number of carbonyl (C=O) groups is 1. The van der Waals surface area contributed by atoms with Crippen LogP contribution in [-0.2, 0) is 0 Å². The van der Waals surface area contributed by atoms with E-state index in [0.717, 1.165) is 25.9 Å². The largest absolute Gasteiger partial charge is 0.489 e. The Kier molecular flexibility index (Phi) is 5.22. The molecular formula is C17H21N5O2. The van der Waals surface area contributed by atoms with E-state index in [4.69, 9.17) is 4.74 Å². The van der Waals surface area contributed by atoms with Gasteiger partial charge in [-0.2, -0.15) is 0 Å². The molecule has 1 aromatic heterocycles. The number of piperidine rings is 1. The first-order valence-corrected chi connectivity index (χ1v) is 8.04. The number of carbonyl (C=O) groups excluding carboxylic acids is 1. The fraction of sp³-hybridized carbons (Fsp3) is 0.353. The maximum Gasteiger partial charge on any atom is 0.277 e. The lowest BCUT2D eigenvalue weighted by molar-refractivity contribution is 0.102. The number of amides is 1. The van der Waals surface area contributed by atoms with Crippen LogP contribution in [0.15, 0.2) is 43.1 Å². The van der Waals surface area contributed by atoms with Crippen molar-refractivity contribution in [3.8, 4) is 5.75 Å². The summed E-state index contributed by atoms with van der Waals surface area (Å²) >= 11 is 0. The molecule has 3 rings (SSSR count). The van der Waals surface area contributed by atoms with Crippen LogP contribution >= 0.6 is 0 Å². The van der Waals surface area contributed by atoms with Crippen LogP contribution in [0.2, 0.25) is 0 Å². The molecule has 2 heterocycles. The Hall–Kier alpha value is -2.67. The fourth-order valence-corrected chi connectivity index (χ4v) is 2.64. The Labute approximate surface area is 140 Å². The van der Waals surface area contributed by atoms with E-state index in [-0.39, 0.29) is 5.91 Å². The van der Waals surface area contributed by atoms with Crippen LogP contribution in [0.1, 0.15) is 29.4 Å². The maximum absolute atomic E-state index is 12.3. The highest BCUT2D eigenvalue weighted by Crippen LogP contribution is 2.19. The topological polar surface area (TPSA) is 81.1 Å². The molecule has 24 heavy (non-hydrogen) atoms. The van der Waals surface area contributed by atoms with Gasteiger partial charge >= 0.3 is 0 Å². The van der Waals surface area contributed by atoms with Gasteiger partial charge in [-0.05, 0) is 38.1 Å². The van der Waals surface area contributed by atoms with Crippen LogP contribution in [0, 0.1) is 0 Å². The van der Waals surface area contributed by atoms with Gasteiger partial charge in [0, 0.05) is 11.8 Å². The SMILES string of the molecule is C=CCOc1cccc(NC(=O)c2cn(C3CCNCC3)nn2)c1. The first-order chi connectivity index (χ1) is 11.8. The number of anilines is 1.